The third-order valence-electron chi connectivity index (χ3n) is 1.56. The minimum atomic E-state index is -0.587. The Morgan fingerprint density at radius 3 is 2.92 bits per heavy atom. The van der Waals surface area contributed by atoms with E-state index < -0.39 is 5.95 Å². The highest BCUT2D eigenvalue weighted by Crippen LogP contribution is 2.21. The smallest absolute Gasteiger partial charge is 0.222 e. The van der Waals surface area contributed by atoms with Gasteiger partial charge in [0.1, 0.15) is 5.69 Å². The van der Waals surface area contributed by atoms with E-state index in [1.807, 2.05) is 0 Å². The second kappa shape index (κ2) is 2.85. The molecule has 0 amide bonds. The normalized spacial score (nSPS) is 10.2. The summed E-state index contributed by atoms with van der Waals surface area (Å²) in [4.78, 5) is 3.48. The Morgan fingerprint density at radius 1 is 1.46 bits per heavy atom. The van der Waals surface area contributed by atoms with Gasteiger partial charge in [-0.2, -0.15) is 4.39 Å². The first-order valence-corrected chi connectivity index (χ1v) is 3.60. The summed E-state index contributed by atoms with van der Waals surface area (Å²) in [6.07, 6.45) is 1.36. The number of nitrogens with two attached hydrogens (primary N) is 1. The van der Waals surface area contributed by atoms with Gasteiger partial charge >= 0.3 is 0 Å². The molecule has 0 fully saturated rings. The fourth-order valence-corrected chi connectivity index (χ4v) is 0.993. The zero-order chi connectivity index (χ0) is 9.26. The molecule has 0 atom stereocenters. The first kappa shape index (κ1) is 7.72. The average Bonchev–Trinajstić information content (AvgIpc) is 2.53. The minimum Gasteiger partial charge on any atom is -0.368 e. The van der Waals surface area contributed by atoms with Crippen LogP contribution in [0.25, 0.3) is 11.3 Å². The zero-order valence-corrected chi connectivity index (χ0v) is 6.57. The van der Waals surface area contributed by atoms with Crippen LogP contribution in [0.15, 0.2) is 28.9 Å². The molecule has 0 aromatic carbocycles. The highest BCUT2D eigenvalue weighted by Gasteiger charge is 2.09. The Bertz CT molecular complexity index is 427. The summed E-state index contributed by atoms with van der Waals surface area (Å²) in [6.45, 7) is 0. The lowest BCUT2D eigenvalue weighted by atomic mass is 10.2. The van der Waals surface area contributed by atoms with Crippen molar-refractivity contribution >= 4 is 5.88 Å². The van der Waals surface area contributed by atoms with E-state index in [2.05, 4.69) is 14.7 Å². The summed E-state index contributed by atoms with van der Waals surface area (Å²) < 4.78 is 17.7. The van der Waals surface area contributed by atoms with E-state index in [9.17, 15) is 4.39 Å². The maximum Gasteiger partial charge on any atom is 0.222 e. The molecule has 0 aliphatic heterocycles. The van der Waals surface area contributed by atoms with Crippen LogP contribution in [0, 0.1) is 5.95 Å². The van der Waals surface area contributed by atoms with Crippen LogP contribution < -0.4 is 5.73 Å². The molecule has 5 heteroatoms. The summed E-state index contributed by atoms with van der Waals surface area (Å²) in [5, 5.41) is 3.57. The van der Waals surface area contributed by atoms with Crippen molar-refractivity contribution in [2.75, 3.05) is 5.73 Å². The van der Waals surface area contributed by atoms with Crippen LogP contribution in [0.4, 0.5) is 10.3 Å². The molecule has 0 saturated heterocycles. The Kier molecular flexibility index (Phi) is 1.70. The summed E-state index contributed by atoms with van der Waals surface area (Å²) in [5.74, 6) is -0.436. The summed E-state index contributed by atoms with van der Waals surface area (Å²) in [6, 6.07) is 4.61. The number of rotatable bonds is 1. The van der Waals surface area contributed by atoms with E-state index in [4.69, 9.17) is 5.73 Å². The number of nitrogen functional groups attached to an aromatic ring is 1. The van der Waals surface area contributed by atoms with Gasteiger partial charge in [-0.15, -0.1) is 0 Å². The fraction of sp³-hybridized carbons (Fsp3) is 0. The van der Waals surface area contributed by atoms with Crippen LogP contribution in [-0.4, -0.2) is 10.1 Å². The van der Waals surface area contributed by atoms with Crippen LogP contribution in [0.2, 0.25) is 0 Å². The Morgan fingerprint density at radius 2 is 2.31 bits per heavy atom. The highest BCUT2D eigenvalue weighted by atomic mass is 19.1. The average molecular weight is 179 g/mol. The predicted octanol–water partition coefficient (Wildman–Crippen LogP) is 1.46. The summed E-state index contributed by atoms with van der Waals surface area (Å²) in [7, 11) is 0. The first-order valence-electron chi connectivity index (χ1n) is 3.60. The van der Waals surface area contributed by atoms with Crippen molar-refractivity contribution in [3.8, 4) is 11.3 Å². The molecule has 0 bridgehead atoms. The molecule has 0 radical (unpaired) electrons. The predicted molar refractivity (Wildman–Crippen MR) is 44.1 cm³/mol. The topological polar surface area (TPSA) is 64.9 Å². The molecule has 2 N–H and O–H groups in total. The van der Waals surface area contributed by atoms with Gasteiger partial charge in [0.25, 0.3) is 0 Å². The van der Waals surface area contributed by atoms with Crippen LogP contribution in [0.1, 0.15) is 0 Å². The quantitative estimate of drug-likeness (QED) is 0.673. The molecule has 2 rings (SSSR count). The monoisotopic (exact) mass is 179 g/mol. The lowest BCUT2D eigenvalue weighted by molar-refractivity contribution is 0.438. The number of halogens is 1. The van der Waals surface area contributed by atoms with Gasteiger partial charge in [-0.3, -0.25) is 0 Å². The number of anilines is 1. The highest BCUT2D eigenvalue weighted by molar-refractivity contribution is 5.60. The van der Waals surface area contributed by atoms with Gasteiger partial charge in [0.2, 0.25) is 11.8 Å². The van der Waals surface area contributed by atoms with Crippen LogP contribution in [0.3, 0.4) is 0 Å². The second-order valence-electron chi connectivity index (χ2n) is 2.46. The van der Waals surface area contributed by atoms with Crippen molar-refractivity contribution in [1.82, 2.24) is 10.1 Å². The van der Waals surface area contributed by atoms with E-state index in [0.717, 1.165) is 0 Å². The van der Waals surface area contributed by atoms with Gasteiger partial charge in [-0.05, 0) is 12.1 Å². The van der Waals surface area contributed by atoms with Crippen molar-refractivity contribution in [1.29, 1.82) is 0 Å². The Labute approximate surface area is 73.2 Å². The molecular weight excluding hydrogens is 173 g/mol. The van der Waals surface area contributed by atoms with E-state index >= 15 is 0 Å². The van der Waals surface area contributed by atoms with Crippen molar-refractivity contribution in [2.24, 2.45) is 0 Å². The molecule has 0 aliphatic rings. The molecule has 13 heavy (non-hydrogen) atoms. The van der Waals surface area contributed by atoms with Crippen molar-refractivity contribution in [3.63, 3.8) is 0 Å². The number of nitrogens with zero attached hydrogens (tertiary/aromatic N) is 2. The van der Waals surface area contributed by atoms with Crippen molar-refractivity contribution in [3.05, 3.63) is 30.3 Å². The van der Waals surface area contributed by atoms with Gasteiger partial charge in [-0.1, -0.05) is 5.16 Å². The van der Waals surface area contributed by atoms with E-state index in [1.165, 1.54) is 12.3 Å². The van der Waals surface area contributed by atoms with Crippen LogP contribution in [0.5, 0.6) is 0 Å². The summed E-state index contributed by atoms with van der Waals surface area (Å²) >= 11 is 0. The van der Waals surface area contributed by atoms with Crippen LogP contribution in [-0.2, 0) is 0 Å². The summed E-state index contributed by atoms with van der Waals surface area (Å²) in [5.41, 5.74) is 5.92. The van der Waals surface area contributed by atoms with E-state index in [0.29, 0.717) is 5.69 Å². The number of hydrogen-bond acceptors (Lipinski definition) is 4. The van der Waals surface area contributed by atoms with Gasteiger partial charge < -0.3 is 10.3 Å². The van der Waals surface area contributed by atoms with E-state index in [-0.39, 0.29) is 11.4 Å². The molecule has 2 aromatic rings. The third-order valence-corrected chi connectivity index (χ3v) is 1.56. The van der Waals surface area contributed by atoms with E-state index in [1.54, 1.807) is 12.1 Å². The lowest BCUT2D eigenvalue weighted by Gasteiger charge is -1.94. The Balaban J connectivity index is 2.52. The van der Waals surface area contributed by atoms with Crippen LogP contribution >= 0.6 is 0 Å². The number of aromatic nitrogens is 2. The lowest BCUT2D eigenvalue weighted by Crippen LogP contribution is -1.86. The molecule has 0 spiro atoms. The Hall–Kier alpha value is -1.91. The SMILES string of the molecule is Nc1cc(-c2cccnc2F)no1. The second-order valence-corrected chi connectivity index (χ2v) is 2.46. The molecule has 2 aromatic heterocycles. The maximum absolute atomic E-state index is 13.1. The van der Waals surface area contributed by atoms with Gasteiger partial charge in [-0.25, -0.2) is 4.98 Å². The third kappa shape index (κ3) is 1.35. The molecule has 2 heterocycles. The molecule has 4 nitrogen and oxygen atoms in total. The van der Waals surface area contributed by atoms with Crippen molar-refractivity contribution in [2.45, 2.75) is 0 Å². The van der Waals surface area contributed by atoms with Crippen molar-refractivity contribution < 1.29 is 8.91 Å². The molecule has 0 aliphatic carbocycles. The van der Waals surface area contributed by atoms with Gasteiger partial charge in [0.05, 0.1) is 5.56 Å². The first-order chi connectivity index (χ1) is 6.27. The molecular formula is C8H6FN3O. The number of pyridine rings is 1. The largest absolute Gasteiger partial charge is 0.368 e. The minimum absolute atomic E-state index is 0.151. The molecule has 0 unspecified atom stereocenters. The van der Waals surface area contributed by atoms with Gasteiger partial charge in [0.15, 0.2) is 0 Å². The standard InChI is InChI=1S/C8H6FN3O/c9-8-5(2-1-3-11-8)6-4-7(10)13-12-6/h1-4H,10H2. The zero-order valence-electron chi connectivity index (χ0n) is 6.57. The molecule has 0 saturated carbocycles. The number of hydrogen-bond donors (Lipinski definition) is 1. The molecule has 66 valence electrons. The maximum atomic E-state index is 13.1. The van der Waals surface area contributed by atoms with Gasteiger partial charge in [0, 0.05) is 12.3 Å². The fourth-order valence-electron chi connectivity index (χ4n) is 0.993.